The highest BCUT2D eigenvalue weighted by molar-refractivity contribution is 5.89. The molecule has 1 saturated heterocycles. The van der Waals surface area contributed by atoms with E-state index in [0.29, 0.717) is 25.3 Å². The van der Waals surface area contributed by atoms with E-state index >= 15 is 0 Å². The summed E-state index contributed by atoms with van der Waals surface area (Å²) in [5.74, 6) is 0.563. The van der Waals surface area contributed by atoms with Crippen molar-refractivity contribution in [2.24, 2.45) is 0 Å². The number of ether oxygens (including phenoxy) is 1. The molecule has 1 aromatic rings. The summed E-state index contributed by atoms with van der Waals surface area (Å²) in [6, 6.07) is 1.19. The van der Waals surface area contributed by atoms with E-state index < -0.39 is 6.04 Å². The molecule has 1 unspecified atom stereocenters. The zero-order valence-electron chi connectivity index (χ0n) is 11.0. The van der Waals surface area contributed by atoms with Gasteiger partial charge in [0.2, 0.25) is 5.91 Å². The second kappa shape index (κ2) is 5.73. The Morgan fingerprint density at radius 1 is 1.68 bits per heavy atom. The van der Waals surface area contributed by atoms with Crippen LogP contribution in [0.25, 0.3) is 0 Å². The summed E-state index contributed by atoms with van der Waals surface area (Å²) >= 11 is 0. The average Bonchev–Trinajstić information content (AvgIpc) is 2.81. The summed E-state index contributed by atoms with van der Waals surface area (Å²) < 4.78 is 10.1. The molecule has 2 amide bonds. The maximum absolute atomic E-state index is 12.1. The number of carbonyl (C=O) groups excluding carboxylic acids is 2. The van der Waals surface area contributed by atoms with Crippen molar-refractivity contribution in [2.45, 2.75) is 26.3 Å². The molecule has 1 aromatic heterocycles. The lowest BCUT2D eigenvalue weighted by molar-refractivity contribution is -0.144. The van der Waals surface area contributed by atoms with Crippen LogP contribution >= 0.6 is 0 Å². The second-order valence-electron chi connectivity index (χ2n) is 4.37. The first-order valence-electron chi connectivity index (χ1n) is 6.25. The van der Waals surface area contributed by atoms with Crippen LogP contribution in [0.5, 0.6) is 5.88 Å². The molecule has 0 aromatic carbocycles. The van der Waals surface area contributed by atoms with Crippen LogP contribution in [-0.4, -0.2) is 47.6 Å². The van der Waals surface area contributed by atoms with Crippen molar-refractivity contribution in [3.63, 3.8) is 0 Å². The molecule has 0 spiro atoms. The van der Waals surface area contributed by atoms with E-state index in [2.05, 4.69) is 10.5 Å². The van der Waals surface area contributed by atoms with Crippen molar-refractivity contribution in [1.29, 1.82) is 0 Å². The average molecular weight is 267 g/mol. The fraction of sp³-hybridized carbons (Fsp3) is 0.583. The van der Waals surface area contributed by atoms with Crippen molar-refractivity contribution in [3.8, 4) is 5.88 Å². The minimum Gasteiger partial charge on any atom is -0.465 e. The number of hydrogen-bond acceptors (Lipinski definition) is 5. The molecule has 7 heteroatoms. The highest BCUT2D eigenvalue weighted by Crippen LogP contribution is 2.12. The molecule has 19 heavy (non-hydrogen) atoms. The molecular formula is C12H17N3O4. The summed E-state index contributed by atoms with van der Waals surface area (Å²) in [5.41, 5.74) is 0. The molecule has 1 N–H and O–H groups in total. The number of rotatable bonds is 4. The second-order valence-corrected chi connectivity index (χ2v) is 4.37. The molecule has 2 rings (SSSR count). The van der Waals surface area contributed by atoms with Crippen molar-refractivity contribution in [1.82, 2.24) is 15.4 Å². The zero-order valence-corrected chi connectivity index (χ0v) is 11.0. The van der Waals surface area contributed by atoms with Crippen LogP contribution in [0.3, 0.4) is 0 Å². The number of carbonyl (C=O) groups is 2. The molecule has 1 aliphatic rings. The van der Waals surface area contributed by atoms with Gasteiger partial charge in [0, 0.05) is 19.2 Å². The summed E-state index contributed by atoms with van der Waals surface area (Å²) in [6.45, 7) is 4.45. The van der Waals surface area contributed by atoms with Gasteiger partial charge >= 0.3 is 0 Å². The Bertz CT molecular complexity index is 471. The number of nitrogens with zero attached hydrogens (tertiary/aromatic N) is 2. The summed E-state index contributed by atoms with van der Waals surface area (Å²) in [7, 11) is 0. The van der Waals surface area contributed by atoms with Gasteiger partial charge in [0.1, 0.15) is 11.8 Å². The Hall–Kier alpha value is -2.05. The van der Waals surface area contributed by atoms with E-state index in [1.807, 2.05) is 6.92 Å². The minimum atomic E-state index is -0.413. The molecule has 104 valence electrons. The molecular weight excluding hydrogens is 250 g/mol. The molecule has 7 nitrogen and oxygen atoms in total. The van der Waals surface area contributed by atoms with Crippen molar-refractivity contribution in [2.75, 3.05) is 19.7 Å². The largest absolute Gasteiger partial charge is 0.465 e. The lowest BCUT2D eigenvalue weighted by Gasteiger charge is -2.34. The van der Waals surface area contributed by atoms with Crippen LogP contribution in [-0.2, 0) is 9.59 Å². The monoisotopic (exact) mass is 267 g/mol. The standard InChI is InChI=1S/C12H17N3O4/c1-3-9-12(17)13-4-5-15(9)11(16)7-18-10-6-8(2)19-14-10/h6,9H,3-5,7H2,1-2H3,(H,13,17). The highest BCUT2D eigenvalue weighted by Gasteiger charge is 2.31. The van der Waals surface area contributed by atoms with E-state index in [4.69, 9.17) is 9.26 Å². The Labute approximate surface area is 110 Å². The predicted molar refractivity (Wildman–Crippen MR) is 65.5 cm³/mol. The maximum atomic E-state index is 12.1. The highest BCUT2D eigenvalue weighted by atomic mass is 16.5. The Kier molecular flexibility index (Phi) is 4.03. The molecule has 0 saturated carbocycles. The van der Waals surface area contributed by atoms with E-state index in [9.17, 15) is 9.59 Å². The van der Waals surface area contributed by atoms with Crippen LogP contribution in [0, 0.1) is 6.92 Å². The lowest BCUT2D eigenvalue weighted by Crippen LogP contribution is -2.57. The van der Waals surface area contributed by atoms with E-state index in [1.54, 1.807) is 17.9 Å². The third-order valence-electron chi connectivity index (χ3n) is 2.99. The van der Waals surface area contributed by atoms with Gasteiger partial charge in [-0.25, -0.2) is 0 Å². The van der Waals surface area contributed by atoms with Crippen molar-refractivity contribution in [3.05, 3.63) is 11.8 Å². The van der Waals surface area contributed by atoms with Crippen LogP contribution in [0.1, 0.15) is 19.1 Å². The first kappa shape index (κ1) is 13.4. The van der Waals surface area contributed by atoms with Crippen molar-refractivity contribution < 1.29 is 18.8 Å². The predicted octanol–water partition coefficient (Wildman–Crippen LogP) is 0.0988. The van der Waals surface area contributed by atoms with E-state index in [0.717, 1.165) is 0 Å². The fourth-order valence-corrected chi connectivity index (χ4v) is 2.05. The summed E-state index contributed by atoms with van der Waals surface area (Å²) in [6.07, 6.45) is 0.584. The third-order valence-corrected chi connectivity index (χ3v) is 2.99. The number of aromatic nitrogens is 1. The Morgan fingerprint density at radius 3 is 3.11 bits per heavy atom. The van der Waals surface area contributed by atoms with Gasteiger partial charge in [-0.3, -0.25) is 9.59 Å². The van der Waals surface area contributed by atoms with Gasteiger partial charge in [0.05, 0.1) is 0 Å². The van der Waals surface area contributed by atoms with Crippen molar-refractivity contribution >= 4 is 11.8 Å². The first-order valence-corrected chi connectivity index (χ1v) is 6.25. The van der Waals surface area contributed by atoms with Crippen LogP contribution < -0.4 is 10.1 Å². The molecule has 1 fully saturated rings. The van der Waals surface area contributed by atoms with Gasteiger partial charge < -0.3 is 19.5 Å². The topological polar surface area (TPSA) is 84.7 Å². The third kappa shape index (κ3) is 3.04. The SMILES string of the molecule is CCC1C(=O)NCCN1C(=O)COc1cc(C)on1. The van der Waals surface area contributed by atoms with Crippen LogP contribution in [0.4, 0.5) is 0 Å². The van der Waals surface area contributed by atoms with Gasteiger partial charge in [0.15, 0.2) is 6.61 Å². The van der Waals surface area contributed by atoms with Gasteiger partial charge in [0.25, 0.3) is 11.8 Å². The van der Waals surface area contributed by atoms with Gasteiger partial charge in [-0.05, 0) is 18.5 Å². The van der Waals surface area contributed by atoms with Crippen LogP contribution in [0.2, 0.25) is 0 Å². The lowest BCUT2D eigenvalue weighted by atomic mass is 10.1. The first-order chi connectivity index (χ1) is 9.11. The molecule has 0 radical (unpaired) electrons. The molecule has 1 aliphatic heterocycles. The van der Waals surface area contributed by atoms with Gasteiger partial charge in [-0.15, -0.1) is 0 Å². The zero-order chi connectivity index (χ0) is 13.8. The van der Waals surface area contributed by atoms with Gasteiger partial charge in [-0.2, -0.15) is 0 Å². The Morgan fingerprint density at radius 2 is 2.47 bits per heavy atom. The number of aryl methyl sites for hydroxylation is 1. The smallest absolute Gasteiger partial charge is 0.261 e. The molecule has 0 aliphatic carbocycles. The summed E-state index contributed by atoms with van der Waals surface area (Å²) in [5, 5.41) is 6.38. The number of nitrogens with one attached hydrogen (secondary N) is 1. The molecule has 0 bridgehead atoms. The minimum absolute atomic E-state index is 0.112. The van der Waals surface area contributed by atoms with Gasteiger partial charge in [-0.1, -0.05) is 6.92 Å². The maximum Gasteiger partial charge on any atom is 0.261 e. The summed E-state index contributed by atoms with van der Waals surface area (Å²) in [4.78, 5) is 25.2. The van der Waals surface area contributed by atoms with E-state index in [-0.39, 0.29) is 24.3 Å². The number of piperazine rings is 1. The quantitative estimate of drug-likeness (QED) is 0.836. The molecule has 1 atom stereocenters. The van der Waals surface area contributed by atoms with E-state index in [1.165, 1.54) is 0 Å². The van der Waals surface area contributed by atoms with Crippen LogP contribution in [0.15, 0.2) is 10.6 Å². The molecule has 2 heterocycles. The fourth-order valence-electron chi connectivity index (χ4n) is 2.05. The Balaban J connectivity index is 1.93. The number of amides is 2. The number of hydrogen-bond donors (Lipinski definition) is 1. The normalized spacial score (nSPS) is 19.2.